The van der Waals surface area contributed by atoms with E-state index in [0.717, 1.165) is 5.56 Å². The van der Waals surface area contributed by atoms with E-state index in [9.17, 15) is 13.2 Å². The molecule has 0 unspecified atom stereocenters. The monoisotopic (exact) mass is 359 g/mol. The minimum atomic E-state index is -3.71. The van der Waals surface area contributed by atoms with Gasteiger partial charge in [0.15, 0.2) is 0 Å². The summed E-state index contributed by atoms with van der Waals surface area (Å²) in [7, 11) is -3.71. The van der Waals surface area contributed by atoms with Crippen LogP contribution in [0.2, 0.25) is 0 Å². The van der Waals surface area contributed by atoms with Gasteiger partial charge in [0.05, 0.1) is 17.7 Å². The number of amides is 1. The molecule has 2 aromatic rings. The van der Waals surface area contributed by atoms with Crippen LogP contribution in [-0.2, 0) is 14.8 Å². The number of hydrazone groups is 1. The minimum absolute atomic E-state index is 0.108. The lowest BCUT2D eigenvalue weighted by Gasteiger charge is -2.06. The normalized spacial score (nSPS) is 11.8. The van der Waals surface area contributed by atoms with Crippen LogP contribution in [-0.4, -0.2) is 27.1 Å². The molecule has 1 amide bonds. The van der Waals surface area contributed by atoms with E-state index >= 15 is 0 Å². The Labute approximate surface area is 148 Å². The molecule has 0 aliphatic carbocycles. The first-order valence-electron chi connectivity index (χ1n) is 7.85. The Morgan fingerprint density at radius 2 is 1.72 bits per heavy atom. The molecule has 0 aliphatic heterocycles. The summed E-state index contributed by atoms with van der Waals surface area (Å²) in [6.45, 7) is 3.83. The molecule has 2 aromatic carbocycles. The third-order valence-corrected chi connectivity index (χ3v) is 4.90. The second-order valence-electron chi connectivity index (χ2n) is 5.75. The van der Waals surface area contributed by atoms with Crippen LogP contribution >= 0.6 is 0 Å². The van der Waals surface area contributed by atoms with Crippen LogP contribution in [0.4, 0.5) is 0 Å². The van der Waals surface area contributed by atoms with Crippen LogP contribution in [0.15, 0.2) is 64.6 Å². The average Bonchev–Trinajstić information content (AvgIpc) is 2.61. The van der Waals surface area contributed by atoms with Gasteiger partial charge in [0.2, 0.25) is 10.0 Å². The highest BCUT2D eigenvalue weighted by Gasteiger charge is 2.14. The topological polar surface area (TPSA) is 87.6 Å². The number of carbonyl (C=O) groups is 1. The van der Waals surface area contributed by atoms with Gasteiger partial charge in [0.1, 0.15) is 0 Å². The fraction of sp³-hybridized carbons (Fsp3) is 0.222. The highest BCUT2D eigenvalue weighted by Crippen LogP contribution is 2.13. The zero-order valence-corrected chi connectivity index (χ0v) is 15.0. The number of sulfonamides is 1. The highest BCUT2D eigenvalue weighted by molar-refractivity contribution is 7.89. The fourth-order valence-electron chi connectivity index (χ4n) is 2.03. The maximum atomic E-state index is 12.0. The molecule has 25 heavy (non-hydrogen) atoms. The SMILES string of the molecule is CC(C)c1ccc(/C=N\NC(=O)CNS(=O)(=O)c2ccccc2)cc1. The Hall–Kier alpha value is -2.51. The van der Waals surface area contributed by atoms with Crippen LogP contribution in [0, 0.1) is 0 Å². The van der Waals surface area contributed by atoms with Crippen molar-refractivity contribution in [3.05, 3.63) is 65.7 Å². The van der Waals surface area contributed by atoms with Gasteiger partial charge in [-0.15, -0.1) is 0 Å². The lowest BCUT2D eigenvalue weighted by molar-refractivity contribution is -0.119. The van der Waals surface area contributed by atoms with Crippen LogP contribution in [0.1, 0.15) is 30.9 Å². The standard InChI is InChI=1S/C18H21N3O3S/c1-14(2)16-10-8-15(9-11-16)12-19-21-18(22)13-20-25(23,24)17-6-4-3-5-7-17/h3-12,14,20H,13H2,1-2H3,(H,21,22)/b19-12-. The Morgan fingerprint density at radius 1 is 1.08 bits per heavy atom. The molecule has 0 bridgehead atoms. The lowest BCUT2D eigenvalue weighted by atomic mass is 10.0. The van der Waals surface area contributed by atoms with Gasteiger partial charge in [-0.2, -0.15) is 5.10 Å². The van der Waals surface area contributed by atoms with Crippen LogP contribution in [0.25, 0.3) is 0 Å². The number of nitrogens with zero attached hydrogens (tertiary/aromatic N) is 1. The van der Waals surface area contributed by atoms with Crippen molar-refractivity contribution in [1.82, 2.24) is 10.1 Å². The number of carbonyl (C=O) groups excluding carboxylic acids is 1. The second-order valence-corrected chi connectivity index (χ2v) is 7.52. The van der Waals surface area contributed by atoms with Gasteiger partial charge in [-0.1, -0.05) is 56.3 Å². The van der Waals surface area contributed by atoms with Crippen molar-refractivity contribution < 1.29 is 13.2 Å². The molecule has 7 heteroatoms. The molecule has 2 N–H and O–H groups in total. The molecule has 2 rings (SSSR count). The summed E-state index contributed by atoms with van der Waals surface area (Å²) >= 11 is 0. The quantitative estimate of drug-likeness (QED) is 0.587. The molecule has 6 nitrogen and oxygen atoms in total. The Kier molecular flexibility index (Phi) is 6.44. The van der Waals surface area contributed by atoms with Crippen LogP contribution < -0.4 is 10.1 Å². The van der Waals surface area contributed by atoms with Gasteiger partial charge in [0, 0.05) is 0 Å². The summed E-state index contributed by atoms with van der Waals surface area (Å²) in [4.78, 5) is 11.8. The fourth-order valence-corrected chi connectivity index (χ4v) is 3.03. The van der Waals surface area contributed by atoms with Gasteiger partial charge in [-0.3, -0.25) is 4.79 Å². The third kappa shape index (κ3) is 5.81. The molecule has 0 atom stereocenters. The first kappa shape index (κ1) is 18.8. The van der Waals surface area contributed by atoms with Crippen molar-refractivity contribution in [3.63, 3.8) is 0 Å². The molecule has 0 saturated heterocycles. The molecule has 0 aliphatic rings. The summed E-state index contributed by atoms with van der Waals surface area (Å²) in [6, 6.07) is 15.7. The predicted octanol–water partition coefficient (Wildman–Crippen LogP) is 2.24. The molecule has 132 valence electrons. The summed E-state index contributed by atoms with van der Waals surface area (Å²) in [5, 5.41) is 3.83. The van der Waals surface area contributed by atoms with E-state index in [0.29, 0.717) is 5.92 Å². The first-order valence-corrected chi connectivity index (χ1v) is 9.33. The van der Waals surface area contributed by atoms with Crippen molar-refractivity contribution in [3.8, 4) is 0 Å². The molecule has 0 saturated carbocycles. The molecule has 0 aromatic heterocycles. The molecule has 0 radical (unpaired) electrons. The van der Waals surface area contributed by atoms with Crippen molar-refractivity contribution in [2.24, 2.45) is 5.10 Å². The molecule has 0 fully saturated rings. The zero-order valence-electron chi connectivity index (χ0n) is 14.1. The van der Waals surface area contributed by atoms with E-state index in [-0.39, 0.29) is 11.4 Å². The Balaban J connectivity index is 1.84. The largest absolute Gasteiger partial charge is 0.272 e. The Bertz CT molecular complexity index is 830. The smallest absolute Gasteiger partial charge is 0.255 e. The zero-order chi connectivity index (χ0) is 18.3. The Morgan fingerprint density at radius 3 is 2.32 bits per heavy atom. The molecular weight excluding hydrogens is 338 g/mol. The van der Waals surface area contributed by atoms with E-state index in [4.69, 9.17) is 0 Å². The van der Waals surface area contributed by atoms with E-state index in [1.165, 1.54) is 23.9 Å². The predicted molar refractivity (Wildman–Crippen MR) is 97.9 cm³/mol. The van der Waals surface area contributed by atoms with Crippen molar-refractivity contribution in [1.29, 1.82) is 0 Å². The summed E-state index contributed by atoms with van der Waals surface area (Å²) in [5.41, 5.74) is 4.36. The van der Waals surface area contributed by atoms with E-state index in [1.54, 1.807) is 18.2 Å². The second kappa shape index (κ2) is 8.55. The lowest BCUT2D eigenvalue weighted by Crippen LogP contribution is -2.34. The number of hydrogen-bond donors (Lipinski definition) is 2. The number of rotatable bonds is 7. The van der Waals surface area contributed by atoms with E-state index in [2.05, 4.69) is 29.1 Å². The molecule has 0 heterocycles. The summed E-state index contributed by atoms with van der Waals surface area (Å²) in [5.74, 6) is -0.0992. The summed E-state index contributed by atoms with van der Waals surface area (Å²) in [6.07, 6.45) is 1.51. The number of nitrogens with one attached hydrogen (secondary N) is 2. The van der Waals surface area contributed by atoms with Crippen LogP contribution in [0.3, 0.4) is 0 Å². The van der Waals surface area contributed by atoms with E-state index in [1.807, 2.05) is 24.3 Å². The van der Waals surface area contributed by atoms with Gasteiger partial charge in [-0.05, 0) is 29.2 Å². The molecular formula is C18H21N3O3S. The van der Waals surface area contributed by atoms with Gasteiger partial charge >= 0.3 is 0 Å². The average molecular weight is 359 g/mol. The highest BCUT2D eigenvalue weighted by atomic mass is 32.2. The number of hydrogen-bond acceptors (Lipinski definition) is 4. The van der Waals surface area contributed by atoms with Gasteiger partial charge in [0.25, 0.3) is 5.91 Å². The summed E-state index contributed by atoms with van der Waals surface area (Å²) < 4.78 is 26.2. The van der Waals surface area contributed by atoms with Crippen molar-refractivity contribution in [2.75, 3.05) is 6.54 Å². The van der Waals surface area contributed by atoms with Crippen molar-refractivity contribution in [2.45, 2.75) is 24.7 Å². The van der Waals surface area contributed by atoms with Gasteiger partial charge in [-0.25, -0.2) is 18.6 Å². The minimum Gasteiger partial charge on any atom is -0.272 e. The van der Waals surface area contributed by atoms with Crippen LogP contribution in [0.5, 0.6) is 0 Å². The van der Waals surface area contributed by atoms with E-state index < -0.39 is 15.9 Å². The third-order valence-electron chi connectivity index (χ3n) is 3.48. The maximum Gasteiger partial charge on any atom is 0.255 e. The molecule has 0 spiro atoms. The van der Waals surface area contributed by atoms with Crippen molar-refractivity contribution >= 4 is 22.1 Å². The van der Waals surface area contributed by atoms with Gasteiger partial charge < -0.3 is 0 Å². The number of benzene rings is 2. The first-order chi connectivity index (χ1) is 11.9. The maximum absolute atomic E-state index is 12.0.